The van der Waals surface area contributed by atoms with Crippen LogP contribution in [0.25, 0.3) is 11.1 Å². The number of carbonyl (C=O) groups excluding carboxylic acids is 1. The summed E-state index contributed by atoms with van der Waals surface area (Å²) < 4.78 is 0. The van der Waals surface area contributed by atoms with Gasteiger partial charge in [-0.15, -0.1) is 0 Å². The number of aldehydes is 1. The Morgan fingerprint density at radius 2 is 1.65 bits per heavy atom. The van der Waals surface area contributed by atoms with Crippen molar-refractivity contribution in [1.82, 2.24) is 4.98 Å². The largest absolute Gasteiger partial charge is 0.298 e. The number of hydrogen-bond donors (Lipinski definition) is 0. The summed E-state index contributed by atoms with van der Waals surface area (Å²) in [6.07, 6.45) is 2.24. The molecule has 0 saturated carbocycles. The molecule has 1 aromatic carbocycles. The van der Waals surface area contributed by atoms with Crippen LogP contribution in [0.4, 0.5) is 0 Å². The van der Waals surface area contributed by atoms with E-state index in [0.29, 0.717) is 21.2 Å². The fourth-order valence-corrected chi connectivity index (χ4v) is 2.18. The van der Waals surface area contributed by atoms with Crippen LogP contribution in [0.3, 0.4) is 0 Å². The number of nitrogens with zero attached hydrogens (tertiary/aromatic N) is 1. The monoisotopic (exact) mass is 285 g/mol. The molecule has 0 amide bonds. The first-order valence-corrected chi connectivity index (χ1v) is 5.81. The molecule has 0 spiro atoms. The van der Waals surface area contributed by atoms with Gasteiger partial charge in [0.05, 0.1) is 0 Å². The van der Waals surface area contributed by atoms with Crippen LogP contribution in [-0.2, 0) is 0 Å². The number of halogens is 3. The molecule has 0 saturated heterocycles. The fourth-order valence-electron chi connectivity index (χ4n) is 1.49. The number of rotatable bonds is 2. The summed E-state index contributed by atoms with van der Waals surface area (Å²) in [7, 11) is 0. The van der Waals surface area contributed by atoms with Crippen LogP contribution in [0.2, 0.25) is 15.2 Å². The van der Waals surface area contributed by atoms with Crippen molar-refractivity contribution in [3.8, 4) is 11.1 Å². The average Bonchev–Trinajstić information content (AvgIpc) is 2.27. The first-order valence-electron chi connectivity index (χ1n) is 4.67. The second kappa shape index (κ2) is 5.05. The third-order valence-corrected chi connectivity index (χ3v) is 2.85. The molecule has 0 aliphatic heterocycles. The maximum Gasteiger partial charge on any atom is 0.150 e. The summed E-state index contributed by atoms with van der Waals surface area (Å²) in [4.78, 5) is 14.9. The molecular weight excluding hydrogens is 280 g/mol. The summed E-state index contributed by atoms with van der Waals surface area (Å²) in [5, 5.41) is 1.27. The lowest BCUT2D eigenvalue weighted by Gasteiger charge is -2.06. The maximum absolute atomic E-state index is 11.0. The van der Waals surface area contributed by atoms with Crippen molar-refractivity contribution in [1.29, 1.82) is 0 Å². The van der Waals surface area contributed by atoms with Gasteiger partial charge in [-0.05, 0) is 29.8 Å². The second-order valence-corrected chi connectivity index (χ2v) is 4.63. The van der Waals surface area contributed by atoms with E-state index in [2.05, 4.69) is 4.98 Å². The predicted octanol–water partition coefficient (Wildman–Crippen LogP) is 4.52. The van der Waals surface area contributed by atoms with Crippen molar-refractivity contribution in [3.63, 3.8) is 0 Å². The average molecular weight is 287 g/mol. The van der Waals surface area contributed by atoms with Crippen molar-refractivity contribution in [3.05, 3.63) is 51.2 Å². The Balaban J connectivity index is 2.63. The van der Waals surface area contributed by atoms with Gasteiger partial charge in [0.25, 0.3) is 0 Å². The zero-order valence-corrected chi connectivity index (χ0v) is 10.7. The van der Waals surface area contributed by atoms with Gasteiger partial charge in [-0.1, -0.05) is 34.8 Å². The van der Waals surface area contributed by atoms with Crippen LogP contribution >= 0.6 is 34.8 Å². The lowest BCUT2D eigenvalue weighted by Crippen LogP contribution is -1.90. The smallest absolute Gasteiger partial charge is 0.150 e. The molecule has 0 N–H and O–H groups in total. The molecule has 0 aliphatic carbocycles. The topological polar surface area (TPSA) is 30.0 Å². The molecule has 0 bridgehead atoms. The lowest BCUT2D eigenvalue weighted by atomic mass is 10.0. The highest BCUT2D eigenvalue weighted by Gasteiger charge is 2.08. The van der Waals surface area contributed by atoms with Gasteiger partial charge in [0.15, 0.2) is 6.29 Å². The molecule has 1 heterocycles. The van der Waals surface area contributed by atoms with Gasteiger partial charge in [-0.2, -0.15) is 0 Å². The van der Waals surface area contributed by atoms with E-state index in [9.17, 15) is 4.79 Å². The summed E-state index contributed by atoms with van der Waals surface area (Å²) >= 11 is 17.5. The van der Waals surface area contributed by atoms with E-state index in [4.69, 9.17) is 34.8 Å². The van der Waals surface area contributed by atoms with E-state index in [1.165, 1.54) is 12.3 Å². The van der Waals surface area contributed by atoms with Crippen molar-refractivity contribution in [2.75, 3.05) is 0 Å². The highest BCUT2D eigenvalue weighted by Crippen LogP contribution is 2.29. The van der Waals surface area contributed by atoms with Gasteiger partial charge in [0.1, 0.15) is 5.15 Å². The van der Waals surface area contributed by atoms with Gasteiger partial charge in [-0.25, -0.2) is 4.98 Å². The van der Waals surface area contributed by atoms with Crippen LogP contribution < -0.4 is 0 Å². The first-order chi connectivity index (χ1) is 8.10. The number of benzene rings is 1. The van der Waals surface area contributed by atoms with E-state index in [0.717, 1.165) is 11.8 Å². The predicted molar refractivity (Wildman–Crippen MR) is 70.1 cm³/mol. The van der Waals surface area contributed by atoms with E-state index in [1.807, 2.05) is 0 Å². The maximum atomic E-state index is 11.0. The van der Waals surface area contributed by atoms with Gasteiger partial charge >= 0.3 is 0 Å². The van der Waals surface area contributed by atoms with Gasteiger partial charge in [0.2, 0.25) is 0 Å². The zero-order chi connectivity index (χ0) is 12.4. The molecule has 0 atom stereocenters. The Morgan fingerprint density at radius 3 is 2.24 bits per heavy atom. The molecule has 2 nitrogen and oxygen atoms in total. The minimum absolute atomic E-state index is 0.268. The third-order valence-electron chi connectivity index (χ3n) is 2.20. The fraction of sp³-hybridized carbons (Fsp3) is 0. The zero-order valence-electron chi connectivity index (χ0n) is 8.45. The van der Waals surface area contributed by atoms with Crippen molar-refractivity contribution in [2.24, 2.45) is 0 Å². The summed E-state index contributed by atoms with van der Waals surface area (Å²) in [6.45, 7) is 0. The third kappa shape index (κ3) is 2.78. The Morgan fingerprint density at radius 1 is 1.00 bits per heavy atom. The van der Waals surface area contributed by atoms with E-state index < -0.39 is 0 Å². The Labute approximate surface area is 113 Å². The minimum Gasteiger partial charge on any atom is -0.298 e. The van der Waals surface area contributed by atoms with Crippen LogP contribution in [-0.4, -0.2) is 11.3 Å². The molecule has 2 rings (SSSR count). The molecule has 5 heteroatoms. The molecule has 0 unspecified atom stereocenters. The molecular formula is C12H6Cl3NO. The van der Waals surface area contributed by atoms with Crippen LogP contribution in [0, 0.1) is 0 Å². The quantitative estimate of drug-likeness (QED) is 0.600. The summed E-state index contributed by atoms with van der Waals surface area (Å²) in [5.41, 5.74) is 1.82. The van der Waals surface area contributed by atoms with Crippen molar-refractivity contribution >= 4 is 41.1 Å². The van der Waals surface area contributed by atoms with Crippen molar-refractivity contribution in [2.45, 2.75) is 0 Å². The highest BCUT2D eigenvalue weighted by molar-refractivity contribution is 6.35. The second-order valence-electron chi connectivity index (χ2n) is 3.37. The van der Waals surface area contributed by atoms with Crippen LogP contribution in [0.1, 0.15) is 10.4 Å². The van der Waals surface area contributed by atoms with E-state index in [-0.39, 0.29) is 5.15 Å². The molecule has 0 aliphatic rings. The van der Waals surface area contributed by atoms with Crippen LogP contribution in [0.15, 0.2) is 30.5 Å². The Hall–Kier alpha value is -1.09. The van der Waals surface area contributed by atoms with E-state index in [1.54, 1.807) is 18.2 Å². The van der Waals surface area contributed by atoms with Gasteiger partial charge in [0, 0.05) is 27.4 Å². The molecule has 2 aromatic rings. The normalized spacial score (nSPS) is 10.3. The SMILES string of the molecule is O=Cc1cc(Cl)ncc1-c1cc(Cl)cc(Cl)c1. The molecule has 1 aromatic heterocycles. The number of pyridine rings is 1. The molecule has 17 heavy (non-hydrogen) atoms. The molecule has 0 fully saturated rings. The first kappa shape index (κ1) is 12.4. The Kier molecular flexibility index (Phi) is 3.67. The van der Waals surface area contributed by atoms with Crippen molar-refractivity contribution < 1.29 is 4.79 Å². The standard InChI is InChI=1S/C12H6Cl3NO/c13-9-1-7(2-10(14)4-9)11-5-16-12(15)3-8(11)6-17/h1-6H. The van der Waals surface area contributed by atoms with E-state index >= 15 is 0 Å². The number of hydrogen-bond acceptors (Lipinski definition) is 2. The minimum atomic E-state index is 0.268. The highest BCUT2D eigenvalue weighted by atomic mass is 35.5. The van der Waals surface area contributed by atoms with Crippen LogP contribution in [0.5, 0.6) is 0 Å². The number of carbonyl (C=O) groups is 1. The summed E-state index contributed by atoms with van der Waals surface area (Å²) in [6, 6.07) is 6.55. The molecule has 0 radical (unpaired) electrons. The Bertz CT molecular complexity index is 564. The number of aromatic nitrogens is 1. The van der Waals surface area contributed by atoms with Gasteiger partial charge < -0.3 is 0 Å². The lowest BCUT2D eigenvalue weighted by molar-refractivity contribution is 0.112. The van der Waals surface area contributed by atoms with Gasteiger partial charge in [-0.3, -0.25) is 4.79 Å². The summed E-state index contributed by atoms with van der Waals surface area (Å²) in [5.74, 6) is 0. The molecule has 86 valence electrons.